The zero-order valence-electron chi connectivity index (χ0n) is 10.7. The van der Waals surface area contributed by atoms with Crippen molar-refractivity contribution in [3.8, 4) is 0 Å². The van der Waals surface area contributed by atoms with Crippen LogP contribution in [0.15, 0.2) is 18.2 Å². The lowest BCUT2D eigenvalue weighted by molar-refractivity contribution is 0.731. The minimum atomic E-state index is 0.263. The predicted molar refractivity (Wildman–Crippen MR) is 72.4 cm³/mol. The molecular formula is C15H22N2. The van der Waals surface area contributed by atoms with E-state index in [1.54, 1.807) is 5.56 Å². The van der Waals surface area contributed by atoms with Gasteiger partial charge >= 0.3 is 0 Å². The van der Waals surface area contributed by atoms with Gasteiger partial charge in [-0.05, 0) is 55.7 Å². The largest absolute Gasteiger partial charge is 0.371 e. The van der Waals surface area contributed by atoms with Gasteiger partial charge in [-0.2, -0.15) is 0 Å². The lowest BCUT2D eigenvalue weighted by atomic mass is 9.99. The van der Waals surface area contributed by atoms with Crippen LogP contribution in [0.5, 0.6) is 0 Å². The Hall–Kier alpha value is -1.02. The van der Waals surface area contributed by atoms with Gasteiger partial charge < -0.3 is 10.6 Å². The van der Waals surface area contributed by atoms with Gasteiger partial charge in [0.2, 0.25) is 0 Å². The van der Waals surface area contributed by atoms with Crippen molar-refractivity contribution in [1.82, 2.24) is 0 Å². The maximum Gasteiger partial charge on any atom is 0.0402 e. The van der Waals surface area contributed by atoms with Crippen LogP contribution >= 0.6 is 0 Å². The van der Waals surface area contributed by atoms with Crippen molar-refractivity contribution < 1.29 is 0 Å². The van der Waals surface area contributed by atoms with E-state index in [2.05, 4.69) is 30.0 Å². The molecule has 1 aliphatic carbocycles. The second kappa shape index (κ2) is 4.34. The molecule has 2 aliphatic rings. The first-order valence-corrected chi connectivity index (χ1v) is 6.85. The van der Waals surface area contributed by atoms with E-state index in [-0.39, 0.29) is 6.04 Å². The number of rotatable bonds is 4. The number of hydrogen-bond acceptors (Lipinski definition) is 2. The Bertz CT molecular complexity index is 407. The molecular weight excluding hydrogens is 208 g/mol. The van der Waals surface area contributed by atoms with Gasteiger partial charge in [0, 0.05) is 24.8 Å². The molecule has 0 radical (unpaired) electrons. The van der Waals surface area contributed by atoms with E-state index in [1.165, 1.54) is 43.6 Å². The molecule has 1 saturated carbocycles. The van der Waals surface area contributed by atoms with Crippen molar-refractivity contribution in [2.45, 2.75) is 38.6 Å². The Morgan fingerprint density at radius 2 is 2.24 bits per heavy atom. The molecule has 1 heterocycles. The molecule has 1 atom stereocenters. The summed E-state index contributed by atoms with van der Waals surface area (Å²) in [6, 6.07) is 7.00. The maximum atomic E-state index is 5.93. The van der Waals surface area contributed by atoms with Crippen molar-refractivity contribution in [2.75, 3.05) is 18.0 Å². The average Bonchev–Trinajstić information content (AvgIpc) is 2.99. The Morgan fingerprint density at radius 3 is 2.94 bits per heavy atom. The molecule has 2 nitrogen and oxygen atoms in total. The fraction of sp³-hybridized carbons (Fsp3) is 0.600. The molecule has 0 bridgehead atoms. The van der Waals surface area contributed by atoms with Crippen LogP contribution in [0.25, 0.3) is 0 Å². The van der Waals surface area contributed by atoms with Gasteiger partial charge in [0.1, 0.15) is 0 Å². The van der Waals surface area contributed by atoms with E-state index >= 15 is 0 Å². The van der Waals surface area contributed by atoms with Gasteiger partial charge in [0.05, 0.1) is 0 Å². The highest BCUT2D eigenvalue weighted by Gasteiger charge is 2.28. The monoisotopic (exact) mass is 230 g/mol. The van der Waals surface area contributed by atoms with Crippen LogP contribution in [-0.2, 0) is 12.8 Å². The van der Waals surface area contributed by atoms with E-state index in [9.17, 15) is 0 Å². The van der Waals surface area contributed by atoms with Crippen LogP contribution in [0, 0.1) is 5.92 Å². The molecule has 3 rings (SSSR count). The van der Waals surface area contributed by atoms with Gasteiger partial charge in [-0.1, -0.05) is 12.1 Å². The molecule has 1 aliphatic heterocycles. The van der Waals surface area contributed by atoms with Crippen LogP contribution in [0.4, 0.5) is 5.69 Å². The molecule has 0 saturated heterocycles. The van der Waals surface area contributed by atoms with E-state index < -0.39 is 0 Å². The van der Waals surface area contributed by atoms with Gasteiger partial charge in [0.15, 0.2) is 0 Å². The second-order valence-corrected chi connectivity index (χ2v) is 5.74. The molecule has 1 aromatic carbocycles. The molecule has 0 spiro atoms. The van der Waals surface area contributed by atoms with Crippen molar-refractivity contribution in [3.05, 3.63) is 29.3 Å². The van der Waals surface area contributed by atoms with Crippen molar-refractivity contribution in [1.29, 1.82) is 0 Å². The highest BCUT2D eigenvalue weighted by Crippen LogP contribution is 2.36. The summed E-state index contributed by atoms with van der Waals surface area (Å²) in [7, 11) is 0. The SMILES string of the molecule is CC(N)Cc1cccc2c1CCN2CC1CC1. The van der Waals surface area contributed by atoms with E-state index in [0.29, 0.717) is 0 Å². The third-order valence-corrected chi connectivity index (χ3v) is 3.94. The summed E-state index contributed by atoms with van der Waals surface area (Å²) in [5.41, 5.74) is 10.4. The topological polar surface area (TPSA) is 29.3 Å². The highest BCUT2D eigenvalue weighted by molar-refractivity contribution is 5.61. The fourth-order valence-corrected chi connectivity index (χ4v) is 2.91. The number of nitrogens with two attached hydrogens (primary N) is 1. The Labute approximate surface area is 104 Å². The van der Waals surface area contributed by atoms with Gasteiger partial charge in [0.25, 0.3) is 0 Å². The lowest BCUT2D eigenvalue weighted by Crippen LogP contribution is -2.22. The second-order valence-electron chi connectivity index (χ2n) is 5.74. The molecule has 1 unspecified atom stereocenters. The number of fused-ring (bicyclic) bond motifs is 1. The summed E-state index contributed by atoms with van der Waals surface area (Å²) in [4.78, 5) is 2.58. The first kappa shape index (κ1) is 11.1. The van der Waals surface area contributed by atoms with Crippen LogP contribution in [0.3, 0.4) is 0 Å². The van der Waals surface area contributed by atoms with E-state index in [4.69, 9.17) is 5.73 Å². The number of benzene rings is 1. The smallest absolute Gasteiger partial charge is 0.0402 e. The summed E-state index contributed by atoms with van der Waals surface area (Å²) in [5.74, 6) is 0.970. The summed E-state index contributed by atoms with van der Waals surface area (Å²) in [5, 5.41) is 0. The molecule has 0 amide bonds. The Kier molecular flexibility index (Phi) is 2.83. The number of hydrogen-bond donors (Lipinski definition) is 1. The Morgan fingerprint density at radius 1 is 1.41 bits per heavy atom. The van der Waals surface area contributed by atoms with E-state index in [0.717, 1.165) is 12.3 Å². The molecule has 1 aromatic rings. The summed E-state index contributed by atoms with van der Waals surface area (Å²) >= 11 is 0. The highest BCUT2D eigenvalue weighted by atomic mass is 15.2. The molecule has 1 fully saturated rings. The molecule has 92 valence electrons. The minimum absolute atomic E-state index is 0.263. The zero-order chi connectivity index (χ0) is 11.8. The molecule has 17 heavy (non-hydrogen) atoms. The normalized spacial score (nSPS) is 20.5. The first-order chi connectivity index (χ1) is 8.24. The predicted octanol–water partition coefficient (Wildman–Crippen LogP) is 2.35. The van der Waals surface area contributed by atoms with Gasteiger partial charge in [-0.15, -0.1) is 0 Å². The Balaban J connectivity index is 1.82. The molecule has 2 N–H and O–H groups in total. The summed E-state index contributed by atoms with van der Waals surface area (Å²) in [6.07, 6.45) is 5.10. The molecule has 2 heteroatoms. The minimum Gasteiger partial charge on any atom is -0.371 e. The van der Waals surface area contributed by atoms with Gasteiger partial charge in [-0.25, -0.2) is 0 Å². The fourth-order valence-electron chi connectivity index (χ4n) is 2.91. The third-order valence-electron chi connectivity index (χ3n) is 3.94. The van der Waals surface area contributed by atoms with Crippen LogP contribution in [0.2, 0.25) is 0 Å². The average molecular weight is 230 g/mol. The van der Waals surface area contributed by atoms with Gasteiger partial charge in [-0.3, -0.25) is 0 Å². The summed E-state index contributed by atoms with van der Waals surface area (Å²) < 4.78 is 0. The molecule has 0 aromatic heterocycles. The zero-order valence-corrected chi connectivity index (χ0v) is 10.7. The van der Waals surface area contributed by atoms with Crippen molar-refractivity contribution >= 4 is 5.69 Å². The summed E-state index contributed by atoms with van der Waals surface area (Å²) in [6.45, 7) is 4.58. The number of anilines is 1. The maximum absolute atomic E-state index is 5.93. The van der Waals surface area contributed by atoms with Crippen molar-refractivity contribution in [3.63, 3.8) is 0 Å². The quantitative estimate of drug-likeness (QED) is 0.860. The third kappa shape index (κ3) is 2.32. The number of nitrogens with zero attached hydrogens (tertiary/aromatic N) is 1. The van der Waals surface area contributed by atoms with Crippen LogP contribution in [-0.4, -0.2) is 19.1 Å². The lowest BCUT2D eigenvalue weighted by Gasteiger charge is -2.19. The van der Waals surface area contributed by atoms with Crippen molar-refractivity contribution in [2.24, 2.45) is 11.7 Å². The first-order valence-electron chi connectivity index (χ1n) is 6.85. The van der Waals surface area contributed by atoms with Crippen LogP contribution in [0.1, 0.15) is 30.9 Å². The van der Waals surface area contributed by atoms with E-state index in [1.807, 2.05) is 0 Å². The standard InChI is InChI=1S/C15H22N2/c1-11(16)9-13-3-2-4-15-14(13)7-8-17(15)10-12-5-6-12/h2-4,11-12H,5-10,16H2,1H3. The van der Waals surface area contributed by atoms with Crippen LogP contribution < -0.4 is 10.6 Å².